The fraction of sp³-hybridized carbons (Fsp3) is 0.881. The first-order valence-corrected chi connectivity index (χ1v) is 20.8. The summed E-state index contributed by atoms with van der Waals surface area (Å²) in [5.41, 5.74) is -0.00709. The normalized spacial score (nSPS) is 53.2. The van der Waals surface area contributed by atoms with Gasteiger partial charge in [-0.1, -0.05) is 53.2 Å². The van der Waals surface area contributed by atoms with Crippen LogP contribution in [0.2, 0.25) is 0 Å². The summed E-state index contributed by atoms with van der Waals surface area (Å²) in [6.45, 7) is 15.8. The molecule has 6 fully saturated rings. The molecule has 7 aliphatic rings. The van der Waals surface area contributed by atoms with Crippen LogP contribution in [-0.4, -0.2) is 126 Å². The van der Waals surface area contributed by atoms with Crippen LogP contribution in [-0.2, 0) is 33.3 Å². The molecule has 8 N–H and O–H groups in total. The highest BCUT2D eigenvalue weighted by atomic mass is 16.8. The molecule has 2 saturated heterocycles. The van der Waals surface area contributed by atoms with Crippen molar-refractivity contribution < 1.29 is 74.2 Å². The summed E-state index contributed by atoms with van der Waals surface area (Å²) in [6.07, 6.45) is -8.79. The van der Waals surface area contributed by atoms with Gasteiger partial charge in [-0.2, -0.15) is 0 Å². The third-order valence-electron chi connectivity index (χ3n) is 17.5. The number of allylic oxidation sites excluding steroid dienone is 2. The van der Waals surface area contributed by atoms with Crippen LogP contribution in [0.15, 0.2) is 11.6 Å². The smallest absolute Gasteiger partial charge is 0.335 e. The van der Waals surface area contributed by atoms with Crippen molar-refractivity contribution in [2.24, 2.45) is 50.2 Å². The van der Waals surface area contributed by atoms with Gasteiger partial charge in [0.2, 0.25) is 0 Å². The zero-order chi connectivity index (χ0) is 42.0. The molecule has 0 amide bonds. The highest BCUT2D eigenvalue weighted by molar-refractivity contribution is 5.75. The Hall–Kier alpha value is -2.21. The number of aliphatic hydroxyl groups excluding tert-OH is 5. The van der Waals surface area contributed by atoms with Crippen molar-refractivity contribution in [3.63, 3.8) is 0 Å². The zero-order valence-corrected chi connectivity index (χ0v) is 34.2. The fourth-order valence-electron chi connectivity index (χ4n) is 13.5. The zero-order valence-electron chi connectivity index (χ0n) is 34.2. The molecule has 0 unspecified atom stereocenters. The van der Waals surface area contributed by atoms with Crippen LogP contribution < -0.4 is 0 Å². The van der Waals surface area contributed by atoms with E-state index in [-0.39, 0.29) is 33.5 Å². The number of aliphatic hydroxyl groups is 5. The summed E-state index contributed by atoms with van der Waals surface area (Å²) in [6, 6.07) is 0. The molecular formula is C42H64O15. The molecule has 2 aliphatic heterocycles. The van der Waals surface area contributed by atoms with Crippen molar-refractivity contribution in [2.45, 2.75) is 180 Å². The molecule has 0 radical (unpaired) electrons. The topological polar surface area (TPSA) is 250 Å². The van der Waals surface area contributed by atoms with Crippen molar-refractivity contribution in [3.05, 3.63) is 11.6 Å². The van der Waals surface area contributed by atoms with Crippen LogP contribution in [0.5, 0.6) is 0 Å². The van der Waals surface area contributed by atoms with Gasteiger partial charge in [-0.05, 0) is 116 Å². The monoisotopic (exact) mass is 808 g/mol. The summed E-state index contributed by atoms with van der Waals surface area (Å²) < 4.78 is 23.5. The second kappa shape index (κ2) is 14.2. The van der Waals surface area contributed by atoms with Gasteiger partial charge in [-0.25, -0.2) is 9.59 Å². The summed E-state index contributed by atoms with van der Waals surface area (Å²) in [4.78, 5) is 36.5. The summed E-state index contributed by atoms with van der Waals surface area (Å²) in [5.74, 6) is -3.24. The van der Waals surface area contributed by atoms with Crippen LogP contribution in [0.1, 0.15) is 113 Å². The Balaban J connectivity index is 1.15. The van der Waals surface area contributed by atoms with E-state index in [2.05, 4.69) is 47.6 Å². The van der Waals surface area contributed by atoms with E-state index in [9.17, 15) is 55.2 Å². The average Bonchev–Trinajstić information content (AvgIpc) is 3.12. The number of ether oxygens (including phenoxy) is 4. The fourth-order valence-corrected chi connectivity index (χ4v) is 13.5. The van der Waals surface area contributed by atoms with Gasteiger partial charge in [0.25, 0.3) is 0 Å². The predicted octanol–water partition coefficient (Wildman–Crippen LogP) is 3.07. The SMILES string of the molecule is CC1(C)[C@@H](O[C@@H]2O[C@H](C(=O)O)[C@@H](O)[C@H](O)[C@H]2O[C@@H]2O[C@H](C(=O)O)[C@@H](O)[C@H](O)[C@H]2O)CC[C@]2(C)[C@H]3CC=C4[C@@H]5C[C@@](C)(C(=O)O)CC[C@]5(C)CC[C@@]4(C)[C@]3(C)CC[C@@H]12. The van der Waals surface area contributed by atoms with Gasteiger partial charge in [0.05, 0.1) is 11.5 Å². The third kappa shape index (κ3) is 6.35. The van der Waals surface area contributed by atoms with Crippen molar-refractivity contribution >= 4 is 17.9 Å². The molecule has 0 aromatic heterocycles. The number of hydrogen-bond acceptors (Lipinski definition) is 12. The van der Waals surface area contributed by atoms with E-state index in [1.165, 1.54) is 5.57 Å². The average molecular weight is 809 g/mol. The van der Waals surface area contributed by atoms with Gasteiger partial charge >= 0.3 is 17.9 Å². The lowest BCUT2D eigenvalue weighted by molar-refractivity contribution is -0.371. The molecule has 57 heavy (non-hydrogen) atoms. The van der Waals surface area contributed by atoms with E-state index >= 15 is 0 Å². The van der Waals surface area contributed by atoms with Crippen molar-refractivity contribution in [3.8, 4) is 0 Å². The number of carboxylic acids is 3. The second-order valence-corrected chi connectivity index (χ2v) is 20.6. The van der Waals surface area contributed by atoms with E-state index in [0.29, 0.717) is 25.2 Å². The molecule has 4 saturated carbocycles. The molecule has 0 bridgehead atoms. The van der Waals surface area contributed by atoms with Gasteiger partial charge in [-0.3, -0.25) is 4.79 Å². The number of aliphatic carboxylic acids is 3. The standard InChI is InChI=1S/C42H64O15/c1-37(2)21-10-13-42(7)22(9-8-19-20-18-39(4,36(52)53)15-14-38(20,3)16-17-41(19,42)6)40(21,5)12-11-23(37)54-35-31(27(46)26(45)30(56-35)33(50)51)57-34-28(47)24(43)25(44)29(55-34)32(48)49/h8,20-31,34-35,43-47H,9-18H2,1-7H3,(H,48,49)(H,50,51)(H,52,53)/t20-,21-,22+,23-,24-,25-,26-,27-,28+,29-,30-,31+,34-,35+,38+,39-,40-,41+,42+/m0/s1. The molecule has 19 atom stereocenters. The Morgan fingerprint density at radius 3 is 1.88 bits per heavy atom. The van der Waals surface area contributed by atoms with Gasteiger partial charge in [-0.15, -0.1) is 0 Å². The quantitative estimate of drug-likeness (QED) is 0.136. The van der Waals surface area contributed by atoms with E-state index in [1.54, 1.807) is 0 Å². The highest BCUT2D eigenvalue weighted by Crippen LogP contribution is 2.76. The maximum atomic E-state index is 12.5. The number of hydrogen-bond donors (Lipinski definition) is 8. The van der Waals surface area contributed by atoms with Gasteiger partial charge in [0.15, 0.2) is 24.8 Å². The van der Waals surface area contributed by atoms with Crippen molar-refractivity contribution in [1.82, 2.24) is 0 Å². The summed E-state index contributed by atoms with van der Waals surface area (Å²) >= 11 is 0. The van der Waals surface area contributed by atoms with Crippen LogP contribution in [0.25, 0.3) is 0 Å². The Morgan fingerprint density at radius 2 is 1.26 bits per heavy atom. The van der Waals surface area contributed by atoms with Gasteiger partial charge in [0, 0.05) is 0 Å². The molecular weight excluding hydrogens is 744 g/mol. The second-order valence-electron chi connectivity index (χ2n) is 20.6. The lowest BCUT2D eigenvalue weighted by Gasteiger charge is -2.71. The summed E-state index contributed by atoms with van der Waals surface area (Å²) in [5, 5.41) is 83.1. The Kier molecular flexibility index (Phi) is 10.7. The highest BCUT2D eigenvalue weighted by Gasteiger charge is 2.69. The van der Waals surface area contributed by atoms with E-state index in [4.69, 9.17) is 18.9 Å². The Labute approximate surface area is 333 Å². The minimum Gasteiger partial charge on any atom is -0.481 e. The molecule has 7 rings (SSSR count). The van der Waals surface area contributed by atoms with Crippen LogP contribution >= 0.6 is 0 Å². The largest absolute Gasteiger partial charge is 0.481 e. The minimum absolute atomic E-state index is 0.0440. The van der Waals surface area contributed by atoms with Crippen LogP contribution in [0.4, 0.5) is 0 Å². The molecule has 15 nitrogen and oxygen atoms in total. The number of carboxylic acid groups (broad SMARTS) is 3. The predicted molar refractivity (Wildman–Crippen MR) is 199 cm³/mol. The van der Waals surface area contributed by atoms with Crippen molar-refractivity contribution in [1.29, 1.82) is 0 Å². The maximum Gasteiger partial charge on any atom is 0.335 e. The van der Waals surface area contributed by atoms with E-state index in [1.807, 2.05) is 6.92 Å². The minimum atomic E-state index is -2.01. The molecule has 15 heteroatoms. The lowest BCUT2D eigenvalue weighted by atomic mass is 9.33. The lowest BCUT2D eigenvalue weighted by Crippen LogP contribution is -2.67. The van der Waals surface area contributed by atoms with E-state index in [0.717, 1.165) is 44.9 Å². The third-order valence-corrected chi connectivity index (χ3v) is 17.5. The number of carbonyl (C=O) groups is 3. The van der Waals surface area contributed by atoms with Crippen LogP contribution in [0.3, 0.4) is 0 Å². The molecule has 2 heterocycles. The molecule has 322 valence electrons. The first kappa shape index (κ1) is 42.9. The summed E-state index contributed by atoms with van der Waals surface area (Å²) in [7, 11) is 0. The maximum absolute atomic E-state index is 12.5. The van der Waals surface area contributed by atoms with Crippen LogP contribution in [0, 0.1) is 50.2 Å². The molecule has 0 aromatic carbocycles. The first-order valence-electron chi connectivity index (χ1n) is 20.8. The number of rotatable bonds is 7. The molecule has 5 aliphatic carbocycles. The van der Waals surface area contributed by atoms with Crippen molar-refractivity contribution in [2.75, 3.05) is 0 Å². The van der Waals surface area contributed by atoms with E-state index < -0.39 is 96.3 Å². The van der Waals surface area contributed by atoms with Gasteiger partial charge < -0.3 is 59.8 Å². The first-order chi connectivity index (χ1) is 26.4. The molecule has 0 spiro atoms. The molecule has 0 aromatic rings. The Bertz CT molecular complexity index is 1650. The van der Waals surface area contributed by atoms with Gasteiger partial charge in [0.1, 0.15) is 36.6 Å². The number of fused-ring (bicyclic) bond motifs is 7. The Morgan fingerprint density at radius 1 is 0.667 bits per heavy atom.